The number of carbonyl (C=O) groups is 1. The lowest BCUT2D eigenvalue weighted by Gasteiger charge is -1.99. The maximum atomic E-state index is 12.5. The van der Waals surface area contributed by atoms with Gasteiger partial charge in [-0.3, -0.25) is 9.20 Å². The Hall–Kier alpha value is -3.25. The van der Waals surface area contributed by atoms with Crippen LogP contribution in [0.5, 0.6) is 0 Å². The average Bonchev–Trinajstić information content (AvgIpc) is 3.24. The minimum absolute atomic E-state index is 0.229. The van der Waals surface area contributed by atoms with E-state index in [1.807, 2.05) is 79.0 Å². The van der Waals surface area contributed by atoms with E-state index in [2.05, 4.69) is 15.5 Å². The molecule has 0 unspecified atom stereocenters. The predicted octanol–water partition coefficient (Wildman–Crippen LogP) is 4.44. The van der Waals surface area contributed by atoms with Crippen LogP contribution in [-0.2, 0) is 0 Å². The van der Waals surface area contributed by atoms with Crippen LogP contribution in [0.25, 0.3) is 16.2 Å². The second-order valence-corrected chi connectivity index (χ2v) is 7.25. The molecule has 0 saturated carbocycles. The summed E-state index contributed by atoms with van der Waals surface area (Å²) in [5.41, 5.74) is 7.53. The lowest BCUT2D eigenvalue weighted by Crippen LogP contribution is -2.17. The molecule has 6 heteroatoms. The number of nitrogens with zero attached hydrogens (tertiary/aromatic N) is 3. The van der Waals surface area contributed by atoms with Crippen LogP contribution in [0.4, 0.5) is 0 Å². The van der Waals surface area contributed by atoms with Crippen molar-refractivity contribution in [1.29, 1.82) is 0 Å². The molecule has 0 spiro atoms. The number of fused-ring (bicyclic) bond motifs is 1. The van der Waals surface area contributed by atoms with E-state index in [0.29, 0.717) is 4.88 Å². The molecule has 2 aromatic carbocycles. The van der Waals surface area contributed by atoms with Gasteiger partial charge in [0, 0.05) is 17.5 Å². The zero-order valence-electron chi connectivity index (χ0n) is 15.0. The van der Waals surface area contributed by atoms with E-state index >= 15 is 0 Å². The molecule has 0 aliphatic heterocycles. The van der Waals surface area contributed by atoms with Gasteiger partial charge in [-0.2, -0.15) is 5.10 Å². The molecule has 0 atom stereocenters. The Morgan fingerprint density at radius 1 is 1.11 bits per heavy atom. The normalized spacial score (nSPS) is 11.3. The number of thiazole rings is 1. The van der Waals surface area contributed by atoms with Crippen molar-refractivity contribution in [2.75, 3.05) is 0 Å². The minimum Gasteiger partial charge on any atom is -0.293 e. The Kier molecular flexibility index (Phi) is 4.56. The maximum absolute atomic E-state index is 12.5. The number of hydrazone groups is 1. The van der Waals surface area contributed by atoms with Crippen molar-refractivity contribution in [1.82, 2.24) is 14.8 Å². The number of imidazole rings is 1. The van der Waals surface area contributed by atoms with Crippen LogP contribution in [0.1, 0.15) is 26.5 Å². The Morgan fingerprint density at radius 3 is 2.56 bits per heavy atom. The zero-order valence-corrected chi connectivity index (χ0v) is 15.8. The molecule has 4 rings (SSSR count). The second kappa shape index (κ2) is 7.17. The summed E-state index contributed by atoms with van der Waals surface area (Å²) in [7, 11) is 0. The molecule has 134 valence electrons. The molecule has 4 aromatic rings. The highest BCUT2D eigenvalue weighted by atomic mass is 32.1. The van der Waals surface area contributed by atoms with Gasteiger partial charge in [0.1, 0.15) is 4.88 Å². The zero-order chi connectivity index (χ0) is 18.8. The molecule has 1 amide bonds. The number of hydrogen-bond donors (Lipinski definition) is 1. The van der Waals surface area contributed by atoms with Crippen LogP contribution in [0, 0.1) is 13.8 Å². The number of benzene rings is 2. The summed E-state index contributed by atoms with van der Waals surface area (Å²) in [6.07, 6.45) is 3.60. The minimum atomic E-state index is -0.229. The van der Waals surface area contributed by atoms with E-state index in [-0.39, 0.29) is 5.91 Å². The van der Waals surface area contributed by atoms with Crippen molar-refractivity contribution in [2.45, 2.75) is 13.8 Å². The van der Waals surface area contributed by atoms with Gasteiger partial charge in [-0.05, 0) is 19.4 Å². The van der Waals surface area contributed by atoms with E-state index in [9.17, 15) is 4.79 Å². The van der Waals surface area contributed by atoms with Gasteiger partial charge >= 0.3 is 0 Å². The molecule has 27 heavy (non-hydrogen) atoms. The van der Waals surface area contributed by atoms with Gasteiger partial charge in [0.2, 0.25) is 0 Å². The molecular weight excluding hydrogens is 356 g/mol. The predicted molar refractivity (Wildman–Crippen MR) is 109 cm³/mol. The third-order valence-corrected chi connectivity index (χ3v) is 5.45. The SMILES string of the molecule is Cc1ccc(/C=N/NC(=O)c2sc3nc(-c4ccccc4)cn3c2C)cc1. The van der Waals surface area contributed by atoms with Gasteiger partial charge in [0.05, 0.1) is 11.9 Å². The van der Waals surface area contributed by atoms with E-state index in [0.717, 1.165) is 27.5 Å². The standard InChI is InChI=1S/C21H18N4OS/c1-14-8-10-16(11-9-14)12-22-24-20(26)19-15(2)25-13-18(23-21(25)27-19)17-6-4-3-5-7-17/h3-13H,1-2H3,(H,24,26)/b22-12+. The topological polar surface area (TPSA) is 58.8 Å². The summed E-state index contributed by atoms with van der Waals surface area (Å²) < 4.78 is 1.95. The highest BCUT2D eigenvalue weighted by Crippen LogP contribution is 2.27. The summed E-state index contributed by atoms with van der Waals surface area (Å²) in [5, 5.41) is 4.06. The highest BCUT2D eigenvalue weighted by Gasteiger charge is 2.17. The Morgan fingerprint density at radius 2 is 1.85 bits per heavy atom. The molecule has 0 fully saturated rings. The first-order valence-corrected chi connectivity index (χ1v) is 9.37. The third kappa shape index (κ3) is 3.52. The molecule has 0 aliphatic carbocycles. The summed E-state index contributed by atoms with van der Waals surface area (Å²) >= 11 is 1.36. The fourth-order valence-electron chi connectivity index (χ4n) is 2.78. The van der Waals surface area contributed by atoms with Gasteiger partial charge in [0.25, 0.3) is 5.91 Å². The average molecular weight is 374 g/mol. The highest BCUT2D eigenvalue weighted by molar-refractivity contribution is 7.19. The summed E-state index contributed by atoms with van der Waals surface area (Å²) in [5.74, 6) is -0.229. The first-order chi connectivity index (χ1) is 13.1. The maximum Gasteiger partial charge on any atom is 0.283 e. The Balaban J connectivity index is 1.53. The van der Waals surface area contributed by atoms with Crippen molar-refractivity contribution in [3.63, 3.8) is 0 Å². The number of amides is 1. The van der Waals surface area contributed by atoms with Crippen molar-refractivity contribution in [3.05, 3.63) is 82.5 Å². The van der Waals surface area contributed by atoms with E-state index in [1.54, 1.807) is 6.21 Å². The number of nitrogens with one attached hydrogen (secondary N) is 1. The van der Waals surface area contributed by atoms with E-state index in [1.165, 1.54) is 16.9 Å². The smallest absolute Gasteiger partial charge is 0.283 e. The lowest BCUT2D eigenvalue weighted by atomic mass is 10.2. The summed E-state index contributed by atoms with van der Waals surface area (Å²) in [6, 6.07) is 17.9. The first-order valence-electron chi connectivity index (χ1n) is 8.56. The van der Waals surface area contributed by atoms with Crippen molar-refractivity contribution < 1.29 is 4.79 Å². The Labute approximate surface area is 161 Å². The number of aromatic nitrogens is 2. The molecule has 0 aliphatic rings. The third-order valence-electron chi connectivity index (χ3n) is 4.29. The molecule has 2 aromatic heterocycles. The van der Waals surface area contributed by atoms with E-state index < -0.39 is 0 Å². The van der Waals surface area contributed by atoms with Gasteiger partial charge < -0.3 is 0 Å². The first kappa shape index (κ1) is 17.2. The number of carbonyl (C=O) groups excluding carboxylic acids is 1. The van der Waals surface area contributed by atoms with Gasteiger partial charge in [-0.25, -0.2) is 10.4 Å². The number of rotatable bonds is 4. The lowest BCUT2D eigenvalue weighted by molar-refractivity contribution is 0.0958. The van der Waals surface area contributed by atoms with Crippen molar-refractivity contribution in [3.8, 4) is 11.3 Å². The van der Waals surface area contributed by atoms with Crippen molar-refractivity contribution >= 4 is 28.4 Å². The molecule has 0 bridgehead atoms. The summed E-state index contributed by atoms with van der Waals surface area (Å²) in [4.78, 5) is 18.5. The van der Waals surface area contributed by atoms with E-state index in [4.69, 9.17) is 0 Å². The van der Waals surface area contributed by atoms with Gasteiger partial charge in [-0.1, -0.05) is 71.5 Å². The van der Waals surface area contributed by atoms with Crippen LogP contribution < -0.4 is 5.43 Å². The van der Waals surface area contributed by atoms with Gasteiger partial charge in [0.15, 0.2) is 4.96 Å². The van der Waals surface area contributed by atoms with Crippen LogP contribution in [0.2, 0.25) is 0 Å². The van der Waals surface area contributed by atoms with Crippen LogP contribution >= 0.6 is 11.3 Å². The Bertz CT molecular complexity index is 1120. The number of hydrogen-bond acceptors (Lipinski definition) is 4. The molecule has 5 nitrogen and oxygen atoms in total. The quantitative estimate of drug-likeness (QED) is 0.424. The molecule has 0 saturated heterocycles. The molecule has 0 radical (unpaired) electrons. The largest absolute Gasteiger partial charge is 0.293 e. The fraction of sp³-hybridized carbons (Fsp3) is 0.0952. The molecule has 2 heterocycles. The van der Waals surface area contributed by atoms with Crippen molar-refractivity contribution in [2.24, 2.45) is 5.10 Å². The van der Waals surface area contributed by atoms with Crippen LogP contribution in [-0.4, -0.2) is 21.5 Å². The number of aryl methyl sites for hydroxylation is 2. The monoisotopic (exact) mass is 374 g/mol. The molecule has 1 N–H and O–H groups in total. The van der Waals surface area contributed by atoms with Crippen LogP contribution in [0.3, 0.4) is 0 Å². The second-order valence-electron chi connectivity index (χ2n) is 6.27. The molecular formula is C21H18N4OS. The fourth-order valence-corrected chi connectivity index (χ4v) is 3.78. The summed E-state index contributed by atoms with van der Waals surface area (Å²) in [6.45, 7) is 3.94. The van der Waals surface area contributed by atoms with Gasteiger partial charge in [-0.15, -0.1) is 0 Å². The van der Waals surface area contributed by atoms with Crippen LogP contribution in [0.15, 0.2) is 65.9 Å².